The molecule has 1 heteroatoms. The molecule has 78 valence electrons. The van der Waals surface area contributed by atoms with Gasteiger partial charge in [0.15, 0.2) is 0 Å². The molecule has 0 saturated carbocycles. The monoisotopic (exact) mass is 183 g/mol. The highest BCUT2D eigenvalue weighted by atomic mass is 15.0. The van der Waals surface area contributed by atoms with Crippen LogP contribution in [0.3, 0.4) is 0 Å². The first-order valence-electron chi connectivity index (χ1n) is 5.98. The molecule has 1 aliphatic heterocycles. The summed E-state index contributed by atoms with van der Waals surface area (Å²) < 4.78 is 0. The number of nitrogens with one attached hydrogen (secondary N) is 1. The predicted molar refractivity (Wildman–Crippen MR) is 58.9 cm³/mol. The Morgan fingerprint density at radius 1 is 1.15 bits per heavy atom. The number of hydrogen-bond acceptors (Lipinski definition) is 1. The predicted octanol–water partition coefficient (Wildman–Crippen LogP) is 3.34. The first-order chi connectivity index (χ1) is 6.23. The quantitative estimate of drug-likeness (QED) is 0.707. The summed E-state index contributed by atoms with van der Waals surface area (Å²) in [6.45, 7) is 8.31. The summed E-state index contributed by atoms with van der Waals surface area (Å²) in [4.78, 5) is 0. The van der Waals surface area contributed by atoms with Crippen molar-refractivity contribution in [1.82, 2.24) is 5.32 Å². The van der Waals surface area contributed by atoms with E-state index in [1.54, 1.807) is 0 Å². The van der Waals surface area contributed by atoms with Crippen LogP contribution in [0.5, 0.6) is 0 Å². The molecule has 1 atom stereocenters. The zero-order chi connectivity index (χ0) is 9.73. The molecule has 0 aromatic rings. The summed E-state index contributed by atoms with van der Waals surface area (Å²) in [5.41, 5.74) is 0.431. The van der Waals surface area contributed by atoms with Gasteiger partial charge >= 0.3 is 0 Å². The van der Waals surface area contributed by atoms with E-state index in [0.717, 1.165) is 5.92 Å². The fraction of sp³-hybridized carbons (Fsp3) is 1.00. The van der Waals surface area contributed by atoms with Crippen LogP contribution in [-0.4, -0.2) is 12.1 Å². The van der Waals surface area contributed by atoms with Crippen molar-refractivity contribution in [1.29, 1.82) is 0 Å². The van der Waals surface area contributed by atoms with Gasteiger partial charge < -0.3 is 5.32 Å². The Morgan fingerprint density at radius 3 is 2.46 bits per heavy atom. The molecule has 1 N–H and O–H groups in total. The molecule has 1 nitrogen and oxygen atoms in total. The van der Waals surface area contributed by atoms with Crippen molar-refractivity contribution in [3.8, 4) is 0 Å². The van der Waals surface area contributed by atoms with E-state index in [2.05, 4.69) is 26.1 Å². The zero-order valence-electron chi connectivity index (χ0n) is 9.53. The Kier molecular flexibility index (Phi) is 4.24. The standard InChI is InChI=1S/C12H25N/c1-4-11(5-2)12(3)9-7-6-8-10-13-12/h11,13H,4-10H2,1-3H3. The molecule has 0 spiro atoms. The molecular formula is C12H25N. The average molecular weight is 183 g/mol. The van der Waals surface area contributed by atoms with Crippen molar-refractivity contribution in [2.75, 3.05) is 6.54 Å². The maximum absolute atomic E-state index is 3.76. The molecule has 1 unspecified atom stereocenters. The molecule has 1 saturated heterocycles. The lowest BCUT2D eigenvalue weighted by atomic mass is 9.79. The Labute approximate surface area is 83.3 Å². The van der Waals surface area contributed by atoms with Gasteiger partial charge in [-0.1, -0.05) is 39.5 Å². The summed E-state index contributed by atoms with van der Waals surface area (Å²) in [6.07, 6.45) is 8.22. The second-order valence-corrected chi connectivity index (χ2v) is 4.67. The number of rotatable bonds is 3. The van der Waals surface area contributed by atoms with E-state index in [-0.39, 0.29) is 0 Å². The Morgan fingerprint density at radius 2 is 1.85 bits per heavy atom. The van der Waals surface area contributed by atoms with Crippen molar-refractivity contribution in [2.45, 2.75) is 64.8 Å². The van der Waals surface area contributed by atoms with Crippen LogP contribution in [0.25, 0.3) is 0 Å². The van der Waals surface area contributed by atoms with Crippen LogP contribution in [-0.2, 0) is 0 Å². The van der Waals surface area contributed by atoms with Crippen molar-refractivity contribution >= 4 is 0 Å². The van der Waals surface area contributed by atoms with Gasteiger partial charge in [0.2, 0.25) is 0 Å². The molecule has 1 aliphatic rings. The zero-order valence-corrected chi connectivity index (χ0v) is 9.53. The maximum atomic E-state index is 3.76. The Bertz CT molecular complexity index is 130. The van der Waals surface area contributed by atoms with Crippen LogP contribution >= 0.6 is 0 Å². The summed E-state index contributed by atoms with van der Waals surface area (Å²) in [6, 6.07) is 0. The molecule has 13 heavy (non-hydrogen) atoms. The molecule has 0 radical (unpaired) electrons. The smallest absolute Gasteiger partial charge is 0.0181 e. The van der Waals surface area contributed by atoms with Gasteiger partial charge in [0, 0.05) is 5.54 Å². The van der Waals surface area contributed by atoms with E-state index in [1.165, 1.54) is 45.1 Å². The van der Waals surface area contributed by atoms with E-state index in [9.17, 15) is 0 Å². The van der Waals surface area contributed by atoms with Crippen LogP contribution in [0.4, 0.5) is 0 Å². The van der Waals surface area contributed by atoms with Crippen LogP contribution in [0.1, 0.15) is 59.3 Å². The van der Waals surface area contributed by atoms with Gasteiger partial charge in [0.25, 0.3) is 0 Å². The average Bonchev–Trinajstić information content (AvgIpc) is 2.33. The van der Waals surface area contributed by atoms with E-state index >= 15 is 0 Å². The topological polar surface area (TPSA) is 12.0 Å². The van der Waals surface area contributed by atoms with Crippen LogP contribution < -0.4 is 5.32 Å². The molecule has 1 heterocycles. The highest BCUT2D eigenvalue weighted by molar-refractivity contribution is 4.90. The van der Waals surface area contributed by atoms with Crippen molar-refractivity contribution in [3.63, 3.8) is 0 Å². The third kappa shape index (κ3) is 2.70. The fourth-order valence-electron chi connectivity index (χ4n) is 2.79. The Hall–Kier alpha value is -0.0400. The second-order valence-electron chi connectivity index (χ2n) is 4.67. The van der Waals surface area contributed by atoms with Crippen molar-refractivity contribution in [2.24, 2.45) is 5.92 Å². The van der Waals surface area contributed by atoms with Crippen LogP contribution in [0, 0.1) is 5.92 Å². The van der Waals surface area contributed by atoms with Gasteiger partial charge in [-0.05, 0) is 32.2 Å². The third-order valence-corrected chi connectivity index (χ3v) is 3.79. The number of hydrogen-bond donors (Lipinski definition) is 1. The van der Waals surface area contributed by atoms with Gasteiger partial charge in [0.05, 0.1) is 0 Å². The molecule has 0 aromatic heterocycles. The molecule has 0 bridgehead atoms. The minimum Gasteiger partial charge on any atom is -0.311 e. The lowest BCUT2D eigenvalue weighted by Crippen LogP contribution is -2.47. The highest BCUT2D eigenvalue weighted by Gasteiger charge is 2.31. The van der Waals surface area contributed by atoms with Gasteiger partial charge in [0.1, 0.15) is 0 Å². The normalized spacial score (nSPS) is 30.5. The molecule has 0 amide bonds. The van der Waals surface area contributed by atoms with E-state index in [0.29, 0.717) is 5.54 Å². The first-order valence-corrected chi connectivity index (χ1v) is 5.98. The summed E-state index contributed by atoms with van der Waals surface area (Å²) in [7, 11) is 0. The van der Waals surface area contributed by atoms with Gasteiger partial charge in [-0.2, -0.15) is 0 Å². The van der Waals surface area contributed by atoms with Crippen molar-refractivity contribution in [3.05, 3.63) is 0 Å². The maximum Gasteiger partial charge on any atom is 0.0181 e. The summed E-state index contributed by atoms with van der Waals surface area (Å²) >= 11 is 0. The first kappa shape index (κ1) is 11.0. The van der Waals surface area contributed by atoms with Gasteiger partial charge in [-0.15, -0.1) is 0 Å². The summed E-state index contributed by atoms with van der Waals surface area (Å²) in [5, 5.41) is 3.76. The van der Waals surface area contributed by atoms with Gasteiger partial charge in [-0.3, -0.25) is 0 Å². The van der Waals surface area contributed by atoms with E-state index in [4.69, 9.17) is 0 Å². The van der Waals surface area contributed by atoms with Crippen molar-refractivity contribution < 1.29 is 0 Å². The Balaban J connectivity index is 2.58. The van der Waals surface area contributed by atoms with E-state index < -0.39 is 0 Å². The molecule has 0 aromatic carbocycles. The minimum absolute atomic E-state index is 0.431. The lowest BCUT2D eigenvalue weighted by Gasteiger charge is -2.37. The fourth-order valence-corrected chi connectivity index (χ4v) is 2.79. The van der Waals surface area contributed by atoms with Gasteiger partial charge in [-0.25, -0.2) is 0 Å². The lowest BCUT2D eigenvalue weighted by molar-refractivity contribution is 0.210. The molecule has 1 rings (SSSR count). The summed E-state index contributed by atoms with van der Waals surface area (Å²) in [5.74, 6) is 0.866. The van der Waals surface area contributed by atoms with Crippen LogP contribution in [0.2, 0.25) is 0 Å². The molecule has 1 fully saturated rings. The van der Waals surface area contributed by atoms with Crippen LogP contribution in [0.15, 0.2) is 0 Å². The minimum atomic E-state index is 0.431. The van der Waals surface area contributed by atoms with E-state index in [1.807, 2.05) is 0 Å². The SMILES string of the molecule is CCC(CC)C1(C)CCCCCN1. The third-order valence-electron chi connectivity index (χ3n) is 3.79. The second kappa shape index (κ2) is 4.99. The molecular weight excluding hydrogens is 158 g/mol. The molecule has 0 aliphatic carbocycles. The largest absolute Gasteiger partial charge is 0.311 e. The highest BCUT2D eigenvalue weighted by Crippen LogP contribution is 2.30.